The lowest BCUT2D eigenvalue weighted by Gasteiger charge is -2.33. The number of rotatable bonds is 5. The van der Waals surface area contributed by atoms with Gasteiger partial charge in [-0.2, -0.15) is 5.10 Å². The molecular formula is C22H23F2N3O2. The predicted molar refractivity (Wildman–Crippen MR) is 106 cm³/mol. The van der Waals surface area contributed by atoms with Crippen LogP contribution in [0.15, 0.2) is 42.6 Å². The van der Waals surface area contributed by atoms with Gasteiger partial charge in [0.25, 0.3) is 0 Å². The monoisotopic (exact) mass is 399 g/mol. The molecule has 4 rings (SSSR count). The lowest BCUT2D eigenvalue weighted by molar-refractivity contribution is 0.196. The average Bonchev–Trinajstić information content (AvgIpc) is 3.19. The van der Waals surface area contributed by atoms with Gasteiger partial charge >= 0.3 is 0 Å². The van der Waals surface area contributed by atoms with Gasteiger partial charge in [-0.25, -0.2) is 8.78 Å². The summed E-state index contributed by atoms with van der Waals surface area (Å²) in [5, 5.41) is 17.4. The van der Waals surface area contributed by atoms with Crippen molar-refractivity contribution in [3.63, 3.8) is 0 Å². The molecule has 7 heteroatoms. The fourth-order valence-electron chi connectivity index (χ4n) is 4.01. The highest BCUT2D eigenvalue weighted by molar-refractivity contribution is 5.66. The average molecular weight is 399 g/mol. The van der Waals surface area contributed by atoms with Gasteiger partial charge in [-0.15, -0.1) is 0 Å². The maximum Gasteiger partial charge on any atom is 0.134 e. The smallest absolute Gasteiger partial charge is 0.134 e. The minimum absolute atomic E-state index is 0.145. The normalized spacial score (nSPS) is 17.4. The topological polar surface area (TPSA) is 61.4 Å². The van der Waals surface area contributed by atoms with E-state index in [2.05, 4.69) is 15.1 Å². The minimum atomic E-state index is -0.598. The molecule has 0 spiro atoms. The van der Waals surface area contributed by atoms with Crippen LogP contribution < -0.4 is 4.74 Å². The number of nitrogens with one attached hydrogen (secondary N) is 1. The summed E-state index contributed by atoms with van der Waals surface area (Å²) < 4.78 is 32.7. The molecule has 2 heterocycles. The number of methoxy groups -OCH3 is 1. The molecule has 1 fully saturated rings. The van der Waals surface area contributed by atoms with E-state index in [1.54, 1.807) is 19.4 Å². The SMILES string of the molecule is COc1ccc(CN2CCC[C@H](c3[nH]ncc3-c3ccc(F)cc3F)C2)c(O)c1. The lowest BCUT2D eigenvalue weighted by Crippen LogP contribution is -2.34. The number of aromatic hydroxyl groups is 1. The largest absolute Gasteiger partial charge is 0.507 e. The number of aromatic nitrogens is 2. The highest BCUT2D eigenvalue weighted by atomic mass is 19.1. The summed E-state index contributed by atoms with van der Waals surface area (Å²) in [6.07, 6.45) is 3.52. The molecule has 0 aliphatic carbocycles. The summed E-state index contributed by atoms with van der Waals surface area (Å²) in [7, 11) is 1.57. The molecule has 2 N–H and O–H groups in total. The van der Waals surface area contributed by atoms with Crippen molar-refractivity contribution in [1.29, 1.82) is 0 Å². The molecule has 0 radical (unpaired) electrons. The van der Waals surface area contributed by atoms with Gasteiger partial charge in [-0.1, -0.05) is 6.07 Å². The molecule has 1 saturated heterocycles. The Hall–Kier alpha value is -2.93. The standard InChI is InChI=1S/C22H23F2N3O2/c1-29-17-6-4-14(21(28)10-17)12-27-8-2-3-15(13-27)22-19(11-25-26-22)18-7-5-16(23)9-20(18)24/h4-7,9-11,15,28H,2-3,8,12-13H2,1H3,(H,25,26)/t15-/m0/s1. The van der Waals surface area contributed by atoms with Crippen LogP contribution in [0.2, 0.25) is 0 Å². The molecule has 0 bridgehead atoms. The summed E-state index contributed by atoms with van der Waals surface area (Å²) in [4.78, 5) is 2.27. The zero-order valence-electron chi connectivity index (χ0n) is 16.2. The van der Waals surface area contributed by atoms with Crippen molar-refractivity contribution in [2.75, 3.05) is 20.2 Å². The first-order valence-corrected chi connectivity index (χ1v) is 9.62. The van der Waals surface area contributed by atoms with Crippen molar-refractivity contribution >= 4 is 0 Å². The highest BCUT2D eigenvalue weighted by Gasteiger charge is 2.26. The summed E-state index contributed by atoms with van der Waals surface area (Å²) in [6, 6.07) is 8.92. The van der Waals surface area contributed by atoms with E-state index in [4.69, 9.17) is 4.74 Å². The fraction of sp³-hybridized carbons (Fsp3) is 0.318. The van der Waals surface area contributed by atoms with Crippen molar-refractivity contribution in [2.24, 2.45) is 0 Å². The van der Waals surface area contributed by atoms with Gasteiger partial charge in [-0.3, -0.25) is 10.00 Å². The Bertz CT molecular complexity index is 1010. The number of phenols is 1. The maximum absolute atomic E-state index is 14.3. The predicted octanol–water partition coefficient (Wildman–Crippen LogP) is 4.45. The van der Waals surface area contributed by atoms with E-state index in [1.165, 1.54) is 12.1 Å². The molecular weight excluding hydrogens is 376 g/mol. The first kappa shape index (κ1) is 19.4. The van der Waals surface area contributed by atoms with Gasteiger partial charge in [-0.05, 0) is 37.6 Å². The van der Waals surface area contributed by atoms with E-state index < -0.39 is 11.6 Å². The van der Waals surface area contributed by atoms with Gasteiger partial charge in [0.05, 0.1) is 13.3 Å². The second-order valence-corrected chi connectivity index (χ2v) is 7.39. The summed E-state index contributed by atoms with van der Waals surface area (Å²) in [5.41, 5.74) is 2.71. The summed E-state index contributed by atoms with van der Waals surface area (Å²) in [5.74, 6) is -0.220. The number of ether oxygens (including phenoxy) is 1. The molecule has 1 atom stereocenters. The molecule has 1 aromatic heterocycles. The summed E-state index contributed by atoms with van der Waals surface area (Å²) >= 11 is 0. The van der Waals surface area contributed by atoms with Crippen LogP contribution in [-0.2, 0) is 6.54 Å². The molecule has 2 aromatic carbocycles. The van der Waals surface area contributed by atoms with Gasteiger partial charge < -0.3 is 9.84 Å². The number of likely N-dealkylation sites (tertiary alicyclic amines) is 1. The number of phenolic OH excluding ortho intramolecular Hbond substituents is 1. The fourth-order valence-corrected chi connectivity index (χ4v) is 4.01. The van der Waals surface area contributed by atoms with E-state index in [0.717, 1.165) is 43.3 Å². The van der Waals surface area contributed by atoms with Gasteiger partial charge in [0.1, 0.15) is 23.1 Å². The van der Waals surface area contributed by atoms with Crippen LogP contribution in [0.25, 0.3) is 11.1 Å². The first-order valence-electron chi connectivity index (χ1n) is 9.62. The van der Waals surface area contributed by atoms with Crippen LogP contribution in [0.3, 0.4) is 0 Å². The van der Waals surface area contributed by atoms with Crippen LogP contribution in [0.1, 0.15) is 30.0 Å². The summed E-state index contributed by atoms with van der Waals surface area (Å²) in [6.45, 7) is 2.28. The zero-order chi connectivity index (χ0) is 20.4. The van der Waals surface area contributed by atoms with Crippen LogP contribution >= 0.6 is 0 Å². The molecule has 5 nitrogen and oxygen atoms in total. The van der Waals surface area contributed by atoms with E-state index in [9.17, 15) is 13.9 Å². The van der Waals surface area contributed by atoms with Crippen molar-refractivity contribution in [2.45, 2.75) is 25.3 Å². The maximum atomic E-state index is 14.3. The third kappa shape index (κ3) is 4.10. The molecule has 1 aliphatic heterocycles. The number of halogens is 2. The van der Waals surface area contributed by atoms with Crippen LogP contribution in [0.5, 0.6) is 11.5 Å². The van der Waals surface area contributed by atoms with Crippen molar-refractivity contribution in [3.05, 3.63) is 65.5 Å². The Kier molecular flexibility index (Phi) is 5.49. The second kappa shape index (κ2) is 8.21. The Morgan fingerprint density at radius 3 is 2.83 bits per heavy atom. The Morgan fingerprint density at radius 1 is 1.21 bits per heavy atom. The second-order valence-electron chi connectivity index (χ2n) is 7.39. The lowest BCUT2D eigenvalue weighted by atomic mass is 9.90. The molecule has 3 aromatic rings. The van der Waals surface area contributed by atoms with Crippen molar-refractivity contribution in [3.8, 4) is 22.6 Å². The van der Waals surface area contributed by atoms with Crippen LogP contribution in [0, 0.1) is 11.6 Å². The number of aromatic amines is 1. The number of hydrogen-bond acceptors (Lipinski definition) is 4. The molecule has 0 saturated carbocycles. The van der Waals surface area contributed by atoms with E-state index >= 15 is 0 Å². The number of hydrogen-bond donors (Lipinski definition) is 2. The first-order chi connectivity index (χ1) is 14.0. The van der Waals surface area contributed by atoms with Gasteiger partial charge in [0.15, 0.2) is 0 Å². The zero-order valence-corrected chi connectivity index (χ0v) is 16.2. The Balaban J connectivity index is 1.53. The number of benzene rings is 2. The molecule has 0 amide bonds. The minimum Gasteiger partial charge on any atom is -0.507 e. The third-order valence-electron chi connectivity index (χ3n) is 5.49. The molecule has 29 heavy (non-hydrogen) atoms. The Morgan fingerprint density at radius 2 is 2.07 bits per heavy atom. The van der Waals surface area contributed by atoms with Crippen molar-refractivity contribution in [1.82, 2.24) is 15.1 Å². The van der Waals surface area contributed by atoms with E-state index in [-0.39, 0.29) is 11.7 Å². The van der Waals surface area contributed by atoms with Crippen LogP contribution in [-0.4, -0.2) is 40.4 Å². The highest BCUT2D eigenvalue weighted by Crippen LogP contribution is 2.35. The number of nitrogens with zero attached hydrogens (tertiary/aromatic N) is 2. The quantitative estimate of drug-likeness (QED) is 0.666. The van der Waals surface area contributed by atoms with Crippen LogP contribution in [0.4, 0.5) is 8.78 Å². The van der Waals surface area contributed by atoms with E-state index in [1.807, 2.05) is 12.1 Å². The third-order valence-corrected chi connectivity index (χ3v) is 5.49. The Labute approximate surface area is 167 Å². The molecule has 1 aliphatic rings. The van der Waals surface area contributed by atoms with E-state index in [0.29, 0.717) is 23.4 Å². The van der Waals surface area contributed by atoms with Gasteiger partial charge in [0, 0.05) is 53.5 Å². The van der Waals surface area contributed by atoms with Crippen molar-refractivity contribution < 1.29 is 18.6 Å². The molecule has 152 valence electrons. The number of piperidine rings is 1. The number of H-pyrrole nitrogens is 1. The van der Waals surface area contributed by atoms with Gasteiger partial charge in [0.2, 0.25) is 0 Å². The molecule has 0 unspecified atom stereocenters.